The lowest BCUT2D eigenvalue weighted by Crippen LogP contribution is -2.14. The van der Waals surface area contributed by atoms with Crippen molar-refractivity contribution < 1.29 is 9.47 Å². The van der Waals surface area contributed by atoms with E-state index in [0.717, 1.165) is 54.7 Å². The highest BCUT2D eigenvalue weighted by Crippen LogP contribution is 2.38. The molecule has 0 bridgehead atoms. The van der Waals surface area contributed by atoms with E-state index < -0.39 is 0 Å². The molecule has 0 aromatic heterocycles. The first-order valence-electron chi connectivity index (χ1n) is 7.03. The summed E-state index contributed by atoms with van der Waals surface area (Å²) in [5, 5.41) is 3.42. The summed E-state index contributed by atoms with van der Waals surface area (Å²) in [7, 11) is 0. The quantitative estimate of drug-likeness (QED) is 0.636. The summed E-state index contributed by atoms with van der Waals surface area (Å²) in [5.41, 5.74) is 1.19. The minimum absolute atomic E-state index is 0.707. The Morgan fingerprint density at radius 1 is 1.25 bits per heavy atom. The smallest absolute Gasteiger partial charge is 0.175 e. The predicted octanol–water partition coefficient (Wildman–Crippen LogP) is 3.50. The van der Waals surface area contributed by atoms with Crippen molar-refractivity contribution >= 4 is 15.9 Å². The molecule has 1 aliphatic heterocycles. The van der Waals surface area contributed by atoms with Crippen LogP contribution in [-0.2, 0) is 6.54 Å². The molecule has 0 aliphatic carbocycles. The molecule has 108 valence electrons. The van der Waals surface area contributed by atoms with Gasteiger partial charge in [-0.2, -0.15) is 0 Å². The van der Waals surface area contributed by atoms with Gasteiger partial charge in [0.25, 0.3) is 0 Å². The Kier molecular flexibility index (Phi) is 6.23. The summed E-state index contributed by atoms with van der Waals surface area (Å²) in [6.07, 6.45) is 9.19. The fourth-order valence-corrected chi connectivity index (χ4v) is 2.70. The molecule has 0 amide bonds. The molecule has 0 unspecified atom stereocenters. The van der Waals surface area contributed by atoms with Crippen LogP contribution in [0.3, 0.4) is 0 Å². The predicted molar refractivity (Wildman–Crippen MR) is 84.1 cm³/mol. The maximum Gasteiger partial charge on any atom is 0.175 e. The van der Waals surface area contributed by atoms with Crippen molar-refractivity contribution in [1.29, 1.82) is 0 Å². The number of nitrogens with one attached hydrogen (secondary N) is 1. The molecule has 0 saturated heterocycles. The largest absolute Gasteiger partial charge is 0.490 e. The van der Waals surface area contributed by atoms with E-state index in [-0.39, 0.29) is 0 Å². The van der Waals surface area contributed by atoms with E-state index in [2.05, 4.69) is 39.3 Å². The highest BCUT2D eigenvalue weighted by Gasteiger charge is 2.14. The molecule has 0 saturated carbocycles. The van der Waals surface area contributed by atoms with Gasteiger partial charge < -0.3 is 14.8 Å². The number of ether oxygens (including phenoxy) is 2. The number of rotatable bonds is 6. The first-order valence-corrected chi connectivity index (χ1v) is 7.83. The lowest BCUT2D eigenvalue weighted by molar-refractivity contribution is 0.296. The molecule has 4 heteroatoms. The highest BCUT2D eigenvalue weighted by atomic mass is 79.9. The van der Waals surface area contributed by atoms with Gasteiger partial charge in [-0.3, -0.25) is 0 Å². The molecule has 20 heavy (non-hydrogen) atoms. The third-order valence-electron chi connectivity index (χ3n) is 3.12. The maximum absolute atomic E-state index is 5.72. The molecule has 0 spiro atoms. The van der Waals surface area contributed by atoms with E-state index in [1.54, 1.807) is 0 Å². The maximum atomic E-state index is 5.72. The van der Waals surface area contributed by atoms with Crippen molar-refractivity contribution in [3.63, 3.8) is 0 Å². The van der Waals surface area contributed by atoms with Crippen molar-refractivity contribution in [3.05, 3.63) is 22.2 Å². The summed E-state index contributed by atoms with van der Waals surface area (Å²) in [6.45, 7) is 3.22. The van der Waals surface area contributed by atoms with Gasteiger partial charge in [0, 0.05) is 19.4 Å². The SMILES string of the molecule is C#CCCCCNCc1cc(Br)c2c(c1)OCCCO2. The Hall–Kier alpha value is -1.18. The van der Waals surface area contributed by atoms with Gasteiger partial charge in [-0.15, -0.1) is 12.3 Å². The minimum Gasteiger partial charge on any atom is -0.490 e. The van der Waals surface area contributed by atoms with Crippen molar-refractivity contribution in [2.24, 2.45) is 0 Å². The van der Waals surface area contributed by atoms with Crippen LogP contribution in [0.4, 0.5) is 0 Å². The van der Waals surface area contributed by atoms with Gasteiger partial charge in [0.1, 0.15) is 0 Å². The second-order valence-corrected chi connectivity index (χ2v) is 5.65. The van der Waals surface area contributed by atoms with Gasteiger partial charge >= 0.3 is 0 Å². The number of hydrogen-bond acceptors (Lipinski definition) is 3. The molecular weight excluding hydrogens is 318 g/mol. The van der Waals surface area contributed by atoms with E-state index in [9.17, 15) is 0 Å². The molecule has 1 aromatic rings. The van der Waals surface area contributed by atoms with Gasteiger partial charge in [0.05, 0.1) is 17.7 Å². The van der Waals surface area contributed by atoms with Crippen molar-refractivity contribution in [3.8, 4) is 23.8 Å². The average Bonchev–Trinajstić information content (AvgIpc) is 2.68. The molecule has 2 rings (SSSR count). The van der Waals surface area contributed by atoms with Gasteiger partial charge in [-0.1, -0.05) is 0 Å². The van der Waals surface area contributed by atoms with Crippen molar-refractivity contribution in [2.75, 3.05) is 19.8 Å². The van der Waals surface area contributed by atoms with Crippen LogP contribution in [0.25, 0.3) is 0 Å². The average molecular weight is 338 g/mol. The first-order chi connectivity index (χ1) is 9.81. The number of unbranched alkanes of at least 4 members (excludes halogenated alkanes) is 2. The van der Waals surface area contributed by atoms with Gasteiger partial charge in [-0.25, -0.2) is 0 Å². The summed E-state index contributed by atoms with van der Waals surface area (Å²) in [5.74, 6) is 4.31. The van der Waals surface area contributed by atoms with Crippen LogP contribution < -0.4 is 14.8 Å². The van der Waals surface area contributed by atoms with Crippen LogP contribution in [0.15, 0.2) is 16.6 Å². The van der Waals surface area contributed by atoms with Crippen LogP contribution in [0.5, 0.6) is 11.5 Å². The Morgan fingerprint density at radius 2 is 2.10 bits per heavy atom. The molecule has 0 radical (unpaired) electrons. The van der Waals surface area contributed by atoms with Crippen molar-refractivity contribution in [1.82, 2.24) is 5.32 Å². The molecule has 1 N–H and O–H groups in total. The van der Waals surface area contributed by atoms with Crippen molar-refractivity contribution in [2.45, 2.75) is 32.2 Å². The van der Waals surface area contributed by atoms with Crippen LogP contribution in [0.2, 0.25) is 0 Å². The molecule has 0 atom stereocenters. The number of fused-ring (bicyclic) bond motifs is 1. The fourth-order valence-electron chi connectivity index (χ4n) is 2.10. The monoisotopic (exact) mass is 337 g/mol. The fraction of sp³-hybridized carbons (Fsp3) is 0.500. The normalized spacial score (nSPS) is 13.6. The van der Waals surface area contributed by atoms with E-state index >= 15 is 0 Å². The van der Waals surface area contributed by atoms with Crippen LogP contribution in [-0.4, -0.2) is 19.8 Å². The first kappa shape index (κ1) is 15.2. The summed E-state index contributed by atoms with van der Waals surface area (Å²) in [4.78, 5) is 0. The van der Waals surface area contributed by atoms with Crippen LogP contribution in [0.1, 0.15) is 31.2 Å². The zero-order chi connectivity index (χ0) is 14.2. The topological polar surface area (TPSA) is 30.5 Å². The summed E-state index contributed by atoms with van der Waals surface area (Å²) >= 11 is 3.56. The zero-order valence-electron chi connectivity index (χ0n) is 11.6. The molecule has 1 heterocycles. The lowest BCUT2D eigenvalue weighted by Gasteiger charge is -2.12. The van der Waals surface area contributed by atoms with E-state index in [1.165, 1.54) is 5.56 Å². The number of terminal acetylenes is 1. The molecule has 1 aliphatic rings. The van der Waals surface area contributed by atoms with E-state index in [1.807, 2.05) is 0 Å². The Labute approximate surface area is 129 Å². The van der Waals surface area contributed by atoms with E-state index in [0.29, 0.717) is 13.2 Å². The van der Waals surface area contributed by atoms with Gasteiger partial charge in [0.15, 0.2) is 11.5 Å². The molecule has 1 aromatic carbocycles. The minimum atomic E-state index is 0.707. The Bertz CT molecular complexity index is 482. The summed E-state index contributed by atoms with van der Waals surface area (Å²) < 4.78 is 12.4. The highest BCUT2D eigenvalue weighted by molar-refractivity contribution is 9.10. The third-order valence-corrected chi connectivity index (χ3v) is 3.70. The Balaban J connectivity index is 1.88. The number of halogens is 1. The standard InChI is InChI=1S/C16H20BrNO2/c1-2-3-4-5-7-18-12-13-10-14(17)16-15(11-13)19-8-6-9-20-16/h1,10-11,18H,3-9,12H2. The zero-order valence-corrected chi connectivity index (χ0v) is 13.2. The van der Waals surface area contributed by atoms with Gasteiger partial charge in [-0.05, 0) is 53.0 Å². The third kappa shape index (κ3) is 4.43. The summed E-state index contributed by atoms with van der Waals surface area (Å²) in [6, 6.07) is 4.14. The van der Waals surface area contributed by atoms with Gasteiger partial charge in [0.2, 0.25) is 0 Å². The molecular formula is C16H20BrNO2. The van der Waals surface area contributed by atoms with E-state index in [4.69, 9.17) is 15.9 Å². The number of hydrogen-bond donors (Lipinski definition) is 1. The van der Waals surface area contributed by atoms with Crippen LogP contribution in [0, 0.1) is 12.3 Å². The number of benzene rings is 1. The van der Waals surface area contributed by atoms with Crippen LogP contribution >= 0.6 is 15.9 Å². The lowest BCUT2D eigenvalue weighted by atomic mass is 10.2. The molecule has 0 fully saturated rings. The Morgan fingerprint density at radius 3 is 2.95 bits per heavy atom. The second kappa shape index (κ2) is 8.18. The second-order valence-electron chi connectivity index (χ2n) is 4.79. The molecule has 3 nitrogen and oxygen atoms in total.